The summed E-state index contributed by atoms with van der Waals surface area (Å²) in [6.07, 6.45) is 2.82. The summed E-state index contributed by atoms with van der Waals surface area (Å²) < 4.78 is 0. The van der Waals surface area contributed by atoms with Gasteiger partial charge in [-0.25, -0.2) is 0 Å². The third kappa shape index (κ3) is 4.66. The Morgan fingerprint density at radius 3 is 2.57 bits per heavy atom. The second-order valence-corrected chi connectivity index (χ2v) is 5.69. The van der Waals surface area contributed by atoms with Gasteiger partial charge in [-0.15, -0.1) is 0 Å². The molecule has 0 aromatic heterocycles. The van der Waals surface area contributed by atoms with Gasteiger partial charge in [-0.05, 0) is 57.4 Å². The lowest BCUT2D eigenvalue weighted by Gasteiger charge is -2.22. The Balaban J connectivity index is 1.83. The van der Waals surface area contributed by atoms with Crippen molar-refractivity contribution < 1.29 is 4.79 Å². The van der Waals surface area contributed by atoms with Gasteiger partial charge in [0.2, 0.25) is 5.91 Å². The fourth-order valence-corrected chi connectivity index (χ4v) is 2.47. The van der Waals surface area contributed by atoms with Crippen LogP contribution < -0.4 is 15.5 Å². The van der Waals surface area contributed by atoms with Gasteiger partial charge in [0.25, 0.3) is 0 Å². The largest absolute Gasteiger partial charge is 0.384 e. The van der Waals surface area contributed by atoms with Crippen LogP contribution in [-0.2, 0) is 4.79 Å². The molecule has 21 heavy (non-hydrogen) atoms. The van der Waals surface area contributed by atoms with E-state index < -0.39 is 0 Å². The second-order valence-electron chi connectivity index (χ2n) is 5.69. The van der Waals surface area contributed by atoms with Gasteiger partial charge in [0, 0.05) is 43.5 Å². The van der Waals surface area contributed by atoms with Gasteiger partial charge in [0.15, 0.2) is 0 Å². The maximum absolute atomic E-state index is 11.6. The van der Waals surface area contributed by atoms with Crippen LogP contribution in [0.3, 0.4) is 0 Å². The highest BCUT2D eigenvalue weighted by Crippen LogP contribution is 2.22. The maximum atomic E-state index is 11.6. The summed E-state index contributed by atoms with van der Waals surface area (Å²) in [7, 11) is 0. The number of carbonyl (C=O) groups is 1. The molecule has 1 aromatic rings. The standard InChI is InChI=1S/C17H27N3O/c1-4-20(5-2)15-8-9-16(13(3)12-15)18-11-10-17(21)19-14-6-7-14/h8-9,12,14,18H,4-7,10-11H2,1-3H3,(H,19,21). The third-order valence-corrected chi connectivity index (χ3v) is 3.95. The van der Waals surface area contributed by atoms with E-state index in [-0.39, 0.29) is 5.91 Å². The van der Waals surface area contributed by atoms with E-state index in [1.807, 2.05) is 0 Å². The number of anilines is 2. The molecule has 116 valence electrons. The zero-order valence-corrected chi connectivity index (χ0v) is 13.4. The van der Waals surface area contributed by atoms with Crippen molar-refractivity contribution in [1.29, 1.82) is 0 Å². The first-order valence-corrected chi connectivity index (χ1v) is 8.02. The van der Waals surface area contributed by atoms with Gasteiger partial charge in [0.1, 0.15) is 0 Å². The van der Waals surface area contributed by atoms with E-state index in [0.29, 0.717) is 19.0 Å². The van der Waals surface area contributed by atoms with Crippen LogP contribution in [0.5, 0.6) is 0 Å². The molecule has 1 fully saturated rings. The Morgan fingerprint density at radius 2 is 2.00 bits per heavy atom. The molecular formula is C17H27N3O. The van der Waals surface area contributed by atoms with Crippen molar-refractivity contribution >= 4 is 17.3 Å². The van der Waals surface area contributed by atoms with E-state index in [0.717, 1.165) is 31.6 Å². The number of benzene rings is 1. The fraction of sp³-hybridized carbons (Fsp3) is 0.588. The number of nitrogens with one attached hydrogen (secondary N) is 2. The number of hydrogen-bond acceptors (Lipinski definition) is 3. The minimum absolute atomic E-state index is 0.155. The predicted molar refractivity (Wildman–Crippen MR) is 89.0 cm³/mol. The molecule has 0 unspecified atom stereocenters. The average Bonchev–Trinajstić information content (AvgIpc) is 3.26. The van der Waals surface area contributed by atoms with Crippen LogP contribution in [-0.4, -0.2) is 31.6 Å². The van der Waals surface area contributed by atoms with E-state index in [1.54, 1.807) is 0 Å². The lowest BCUT2D eigenvalue weighted by atomic mass is 10.1. The summed E-state index contributed by atoms with van der Waals surface area (Å²) >= 11 is 0. The van der Waals surface area contributed by atoms with Crippen molar-refractivity contribution in [3.63, 3.8) is 0 Å². The number of rotatable bonds is 8. The first-order chi connectivity index (χ1) is 10.1. The molecule has 4 nitrogen and oxygen atoms in total. The third-order valence-electron chi connectivity index (χ3n) is 3.95. The van der Waals surface area contributed by atoms with Crippen molar-refractivity contribution in [3.05, 3.63) is 23.8 Å². The molecule has 4 heteroatoms. The SMILES string of the molecule is CCN(CC)c1ccc(NCCC(=O)NC2CC2)c(C)c1. The Morgan fingerprint density at radius 1 is 1.29 bits per heavy atom. The summed E-state index contributed by atoms with van der Waals surface area (Å²) in [5.41, 5.74) is 3.60. The highest BCUT2D eigenvalue weighted by Gasteiger charge is 2.22. The molecule has 2 N–H and O–H groups in total. The van der Waals surface area contributed by atoms with Crippen LogP contribution >= 0.6 is 0 Å². The Hall–Kier alpha value is -1.71. The topological polar surface area (TPSA) is 44.4 Å². The zero-order chi connectivity index (χ0) is 15.2. The molecule has 0 saturated heterocycles. The molecule has 0 heterocycles. The summed E-state index contributed by atoms with van der Waals surface area (Å²) in [5, 5.41) is 6.37. The van der Waals surface area contributed by atoms with Crippen molar-refractivity contribution in [2.45, 2.75) is 46.1 Å². The summed E-state index contributed by atoms with van der Waals surface area (Å²) in [6.45, 7) is 9.17. The van der Waals surface area contributed by atoms with Crippen molar-refractivity contribution in [2.24, 2.45) is 0 Å². The lowest BCUT2D eigenvalue weighted by Crippen LogP contribution is -2.27. The summed E-state index contributed by atoms with van der Waals surface area (Å²) in [4.78, 5) is 14.0. The number of carbonyl (C=O) groups excluding carboxylic acids is 1. The van der Waals surface area contributed by atoms with Gasteiger partial charge in [-0.3, -0.25) is 4.79 Å². The first kappa shape index (κ1) is 15.7. The van der Waals surface area contributed by atoms with E-state index in [9.17, 15) is 4.79 Å². The second kappa shape index (κ2) is 7.34. The molecule has 1 aliphatic carbocycles. The van der Waals surface area contributed by atoms with E-state index >= 15 is 0 Å². The molecule has 0 aliphatic heterocycles. The van der Waals surface area contributed by atoms with Gasteiger partial charge >= 0.3 is 0 Å². The number of amides is 1. The summed E-state index contributed by atoms with van der Waals surface area (Å²) in [6, 6.07) is 6.92. The van der Waals surface area contributed by atoms with Crippen LogP contribution in [0, 0.1) is 6.92 Å². The molecule has 0 bridgehead atoms. The predicted octanol–water partition coefficient (Wildman–Crippen LogP) is 2.92. The molecule has 1 aromatic carbocycles. The van der Waals surface area contributed by atoms with Crippen LogP contribution in [0.2, 0.25) is 0 Å². The Kier molecular flexibility index (Phi) is 5.48. The molecule has 1 amide bonds. The Bertz CT molecular complexity index is 479. The highest BCUT2D eigenvalue weighted by atomic mass is 16.1. The minimum atomic E-state index is 0.155. The molecule has 1 aliphatic rings. The average molecular weight is 289 g/mol. The number of aryl methyl sites for hydroxylation is 1. The fourth-order valence-electron chi connectivity index (χ4n) is 2.47. The van der Waals surface area contributed by atoms with Crippen molar-refractivity contribution in [3.8, 4) is 0 Å². The molecular weight excluding hydrogens is 262 g/mol. The van der Waals surface area contributed by atoms with Crippen LogP contribution in [0.25, 0.3) is 0 Å². The smallest absolute Gasteiger partial charge is 0.221 e. The van der Waals surface area contributed by atoms with Crippen molar-refractivity contribution in [1.82, 2.24) is 5.32 Å². The van der Waals surface area contributed by atoms with Crippen LogP contribution in [0.4, 0.5) is 11.4 Å². The Labute approximate surface area is 127 Å². The van der Waals surface area contributed by atoms with Gasteiger partial charge < -0.3 is 15.5 Å². The van der Waals surface area contributed by atoms with Crippen LogP contribution in [0.15, 0.2) is 18.2 Å². The summed E-state index contributed by atoms with van der Waals surface area (Å²) in [5.74, 6) is 0.155. The normalized spacial score (nSPS) is 13.9. The van der Waals surface area contributed by atoms with E-state index in [4.69, 9.17) is 0 Å². The van der Waals surface area contributed by atoms with Crippen molar-refractivity contribution in [2.75, 3.05) is 29.9 Å². The van der Waals surface area contributed by atoms with E-state index in [2.05, 4.69) is 54.5 Å². The molecule has 2 rings (SSSR count). The molecule has 0 spiro atoms. The zero-order valence-electron chi connectivity index (χ0n) is 13.4. The van der Waals surface area contributed by atoms with Gasteiger partial charge in [-0.2, -0.15) is 0 Å². The first-order valence-electron chi connectivity index (χ1n) is 8.02. The molecule has 1 saturated carbocycles. The molecule has 0 atom stereocenters. The number of nitrogens with zero attached hydrogens (tertiary/aromatic N) is 1. The quantitative estimate of drug-likeness (QED) is 0.773. The van der Waals surface area contributed by atoms with Crippen LogP contribution in [0.1, 0.15) is 38.7 Å². The van der Waals surface area contributed by atoms with E-state index in [1.165, 1.54) is 11.3 Å². The van der Waals surface area contributed by atoms with Gasteiger partial charge in [0.05, 0.1) is 0 Å². The molecule has 0 radical (unpaired) electrons. The monoisotopic (exact) mass is 289 g/mol. The lowest BCUT2D eigenvalue weighted by molar-refractivity contribution is -0.120. The minimum Gasteiger partial charge on any atom is -0.384 e. The van der Waals surface area contributed by atoms with Gasteiger partial charge in [-0.1, -0.05) is 0 Å². The highest BCUT2D eigenvalue weighted by molar-refractivity contribution is 5.77. The number of hydrogen-bond donors (Lipinski definition) is 2. The maximum Gasteiger partial charge on any atom is 0.221 e.